The van der Waals surface area contributed by atoms with E-state index in [1.165, 1.54) is 28.6 Å². The molecule has 2 aromatic carbocycles. The van der Waals surface area contributed by atoms with Crippen LogP contribution in [0, 0.1) is 5.92 Å². The van der Waals surface area contributed by atoms with E-state index in [4.69, 9.17) is 14.6 Å². The van der Waals surface area contributed by atoms with Gasteiger partial charge in [0.1, 0.15) is 19.3 Å². The number of nitrogens with two attached hydrogens (primary N) is 1. The molecule has 0 spiro atoms. The zero-order chi connectivity index (χ0) is 26.2. The molecule has 37 heavy (non-hydrogen) atoms. The monoisotopic (exact) mass is 549 g/mol. The van der Waals surface area contributed by atoms with Crippen LogP contribution in [0.15, 0.2) is 52.3 Å². The Hall–Kier alpha value is -2.67. The summed E-state index contributed by atoms with van der Waals surface area (Å²) in [4.78, 5) is 13.4. The molecule has 2 heterocycles. The number of fused-ring (bicyclic) bond motifs is 2. The predicted molar refractivity (Wildman–Crippen MR) is 135 cm³/mol. The SMILES string of the molecule is NS(=O)(=O)c1ccc(CCNC(=O)[C@@H]2C[C@@H]3CCCC[C@@H]3N2S(=O)(=O)c2ccc3c(c2)OCCO3)cc1. The number of ether oxygens (including phenoxy) is 2. The molecule has 200 valence electrons. The maximum absolute atomic E-state index is 13.9. The summed E-state index contributed by atoms with van der Waals surface area (Å²) in [5.74, 6) is 0.716. The fraction of sp³-hybridized carbons (Fsp3) is 0.480. The lowest BCUT2D eigenvalue weighted by atomic mass is 9.85. The Morgan fingerprint density at radius 2 is 1.62 bits per heavy atom. The van der Waals surface area contributed by atoms with Crippen molar-refractivity contribution in [3.05, 3.63) is 48.0 Å². The van der Waals surface area contributed by atoms with Crippen molar-refractivity contribution in [3.8, 4) is 11.5 Å². The lowest BCUT2D eigenvalue weighted by Crippen LogP contribution is -2.49. The zero-order valence-corrected chi connectivity index (χ0v) is 22.0. The van der Waals surface area contributed by atoms with Crippen molar-refractivity contribution < 1.29 is 31.1 Å². The lowest BCUT2D eigenvalue weighted by Gasteiger charge is -2.33. The van der Waals surface area contributed by atoms with Gasteiger partial charge in [0.15, 0.2) is 11.5 Å². The topological polar surface area (TPSA) is 145 Å². The molecule has 0 radical (unpaired) electrons. The van der Waals surface area contributed by atoms with Crippen LogP contribution in [0.5, 0.6) is 11.5 Å². The van der Waals surface area contributed by atoms with Gasteiger partial charge < -0.3 is 14.8 Å². The Bertz CT molecular complexity index is 1380. The van der Waals surface area contributed by atoms with Gasteiger partial charge in [0, 0.05) is 18.7 Å². The minimum absolute atomic E-state index is 0.0221. The number of benzene rings is 2. The third-order valence-electron chi connectivity index (χ3n) is 7.39. The second-order valence-electron chi connectivity index (χ2n) is 9.73. The molecule has 10 nitrogen and oxygen atoms in total. The molecule has 2 aromatic rings. The Morgan fingerprint density at radius 3 is 2.35 bits per heavy atom. The number of amides is 1. The average molecular weight is 550 g/mol. The van der Waals surface area contributed by atoms with E-state index in [0.717, 1.165) is 31.2 Å². The number of hydrogen-bond acceptors (Lipinski definition) is 7. The quantitative estimate of drug-likeness (QED) is 0.536. The van der Waals surface area contributed by atoms with Crippen LogP contribution in [0.4, 0.5) is 0 Å². The maximum Gasteiger partial charge on any atom is 0.244 e. The third-order valence-corrected chi connectivity index (χ3v) is 10.2. The van der Waals surface area contributed by atoms with Gasteiger partial charge in [-0.25, -0.2) is 22.0 Å². The van der Waals surface area contributed by atoms with E-state index in [9.17, 15) is 21.6 Å². The van der Waals surface area contributed by atoms with Gasteiger partial charge in [-0.1, -0.05) is 25.0 Å². The summed E-state index contributed by atoms with van der Waals surface area (Å²) in [5.41, 5.74) is 0.827. The average Bonchev–Trinajstić information content (AvgIpc) is 3.29. The number of primary sulfonamides is 1. The standard InChI is InChI=1S/C25H31N3O7S2/c26-36(30,31)19-7-5-17(6-8-19)11-12-27-25(29)22-15-18-3-1-2-4-21(18)28(22)37(32,33)20-9-10-23-24(16-20)35-14-13-34-23/h5-10,16,18,21-22H,1-4,11-15H2,(H,27,29)(H2,26,30,31)/t18-,21-,22-/m0/s1. The summed E-state index contributed by atoms with van der Waals surface area (Å²) in [5, 5.41) is 8.04. The molecule has 0 unspecified atom stereocenters. The van der Waals surface area contributed by atoms with Crippen molar-refractivity contribution in [3.63, 3.8) is 0 Å². The van der Waals surface area contributed by atoms with E-state index >= 15 is 0 Å². The minimum atomic E-state index is -3.96. The largest absolute Gasteiger partial charge is 0.486 e. The Balaban J connectivity index is 1.32. The second-order valence-corrected chi connectivity index (χ2v) is 13.1. The van der Waals surface area contributed by atoms with Crippen molar-refractivity contribution in [2.45, 2.75) is 60.4 Å². The third kappa shape index (κ3) is 5.33. The number of nitrogens with one attached hydrogen (secondary N) is 1. The molecule has 1 saturated carbocycles. The Morgan fingerprint density at radius 1 is 0.946 bits per heavy atom. The summed E-state index contributed by atoms with van der Waals surface area (Å²) in [6.45, 7) is 1.05. The van der Waals surface area contributed by atoms with E-state index in [1.54, 1.807) is 18.2 Å². The molecule has 0 aromatic heterocycles. The molecule has 5 rings (SSSR count). The van der Waals surface area contributed by atoms with Gasteiger partial charge in [-0.05, 0) is 61.4 Å². The smallest absolute Gasteiger partial charge is 0.244 e. The van der Waals surface area contributed by atoms with Crippen molar-refractivity contribution >= 4 is 26.0 Å². The predicted octanol–water partition coefficient (Wildman–Crippen LogP) is 1.79. The van der Waals surface area contributed by atoms with Gasteiger partial charge in [0.2, 0.25) is 26.0 Å². The van der Waals surface area contributed by atoms with Crippen molar-refractivity contribution in [2.24, 2.45) is 11.1 Å². The summed E-state index contributed by atoms with van der Waals surface area (Å²) >= 11 is 0. The van der Waals surface area contributed by atoms with E-state index in [0.29, 0.717) is 37.6 Å². The summed E-state index contributed by atoms with van der Waals surface area (Å²) in [6.07, 6.45) is 4.54. The normalized spacial score (nSPS) is 23.9. The molecule has 3 atom stereocenters. The fourth-order valence-electron chi connectivity index (χ4n) is 5.59. The Kier molecular flexibility index (Phi) is 7.18. The van der Waals surface area contributed by atoms with Crippen LogP contribution in [0.25, 0.3) is 0 Å². The van der Waals surface area contributed by atoms with Crippen molar-refractivity contribution in [1.29, 1.82) is 0 Å². The Labute approximate surface area is 217 Å². The van der Waals surface area contributed by atoms with Gasteiger partial charge in [-0.3, -0.25) is 4.79 Å². The highest BCUT2D eigenvalue weighted by molar-refractivity contribution is 7.89. The number of carbonyl (C=O) groups excluding carboxylic acids is 1. The highest BCUT2D eigenvalue weighted by atomic mass is 32.2. The van der Waals surface area contributed by atoms with Crippen LogP contribution < -0.4 is 19.9 Å². The first-order chi connectivity index (χ1) is 17.6. The molecule has 1 aliphatic carbocycles. The lowest BCUT2D eigenvalue weighted by molar-refractivity contribution is -0.124. The first-order valence-electron chi connectivity index (χ1n) is 12.5. The number of rotatable bonds is 7. The number of hydrogen-bond donors (Lipinski definition) is 2. The van der Waals surface area contributed by atoms with E-state index in [-0.39, 0.29) is 34.2 Å². The van der Waals surface area contributed by atoms with Crippen LogP contribution in [0.1, 0.15) is 37.7 Å². The number of sulfonamides is 2. The summed E-state index contributed by atoms with van der Waals surface area (Å²) in [6, 6.07) is 9.74. The second kappa shape index (κ2) is 10.2. The highest BCUT2D eigenvalue weighted by Gasteiger charge is 2.51. The first-order valence-corrected chi connectivity index (χ1v) is 15.5. The minimum Gasteiger partial charge on any atom is -0.486 e. The molecular weight excluding hydrogens is 518 g/mol. The van der Waals surface area contributed by atoms with Crippen LogP contribution >= 0.6 is 0 Å². The van der Waals surface area contributed by atoms with Crippen molar-refractivity contribution in [1.82, 2.24) is 9.62 Å². The van der Waals surface area contributed by atoms with Gasteiger partial charge >= 0.3 is 0 Å². The molecule has 2 fully saturated rings. The van der Waals surface area contributed by atoms with Gasteiger partial charge in [-0.2, -0.15) is 4.31 Å². The molecular formula is C25H31N3O7S2. The molecule has 1 amide bonds. The molecule has 3 N–H and O–H groups in total. The van der Waals surface area contributed by atoms with Crippen molar-refractivity contribution in [2.75, 3.05) is 19.8 Å². The maximum atomic E-state index is 13.9. The van der Waals surface area contributed by atoms with Gasteiger partial charge in [0.25, 0.3) is 0 Å². The molecule has 2 aliphatic heterocycles. The molecule has 3 aliphatic rings. The van der Waals surface area contributed by atoms with Crippen LogP contribution in [-0.2, 0) is 31.3 Å². The van der Waals surface area contributed by atoms with Crippen LogP contribution in [0.3, 0.4) is 0 Å². The highest BCUT2D eigenvalue weighted by Crippen LogP contribution is 2.43. The van der Waals surface area contributed by atoms with Crippen LogP contribution in [-0.4, -0.2) is 58.9 Å². The van der Waals surface area contributed by atoms with Gasteiger partial charge in [-0.15, -0.1) is 0 Å². The first kappa shape index (κ1) is 26.0. The number of nitrogens with zero attached hydrogens (tertiary/aromatic N) is 1. The van der Waals surface area contributed by atoms with Crippen LogP contribution in [0.2, 0.25) is 0 Å². The molecule has 12 heteroatoms. The van der Waals surface area contributed by atoms with E-state index < -0.39 is 26.1 Å². The molecule has 1 saturated heterocycles. The van der Waals surface area contributed by atoms with E-state index in [1.807, 2.05) is 0 Å². The summed E-state index contributed by atoms with van der Waals surface area (Å²) in [7, 11) is -7.73. The fourth-order valence-corrected chi connectivity index (χ4v) is 7.99. The number of carbonyl (C=O) groups is 1. The van der Waals surface area contributed by atoms with E-state index in [2.05, 4.69) is 5.32 Å². The molecule has 0 bridgehead atoms. The zero-order valence-electron chi connectivity index (χ0n) is 20.3. The van der Waals surface area contributed by atoms with Gasteiger partial charge in [0.05, 0.1) is 9.79 Å². The summed E-state index contributed by atoms with van der Waals surface area (Å²) < 4.78 is 63.2.